The molecule has 0 fully saturated rings. The molecule has 0 unspecified atom stereocenters. The van der Waals surface area contributed by atoms with Crippen LogP contribution in [0.5, 0.6) is 0 Å². The van der Waals surface area contributed by atoms with Crippen LogP contribution in [0.3, 0.4) is 0 Å². The summed E-state index contributed by atoms with van der Waals surface area (Å²) in [6.45, 7) is 0. The summed E-state index contributed by atoms with van der Waals surface area (Å²) in [5.74, 6) is 0. The molecule has 39 heavy (non-hydrogen) atoms. The van der Waals surface area contributed by atoms with Gasteiger partial charge >= 0.3 is 17.1 Å². The van der Waals surface area contributed by atoms with Gasteiger partial charge in [-0.25, -0.2) is 28.1 Å². The summed E-state index contributed by atoms with van der Waals surface area (Å²) in [6.07, 6.45) is 0. The summed E-state index contributed by atoms with van der Waals surface area (Å²) < 4.78 is -11.1. The molecule has 6 nitrogen and oxygen atoms in total. The van der Waals surface area contributed by atoms with Gasteiger partial charge in [-0.05, 0) is 95.6 Å². The third kappa shape index (κ3) is 8.43. The van der Waals surface area contributed by atoms with Crippen molar-refractivity contribution in [3.63, 3.8) is 0 Å². The van der Waals surface area contributed by atoms with Gasteiger partial charge in [0.2, 0.25) is 0 Å². The lowest BCUT2D eigenvalue weighted by Gasteiger charge is -2.45. The number of hydrogen-bond acceptors (Lipinski definition) is 3. The first kappa shape index (κ1) is 45.5. The molecule has 0 aliphatic heterocycles. The van der Waals surface area contributed by atoms with Crippen LogP contribution in [0.2, 0.25) is 0 Å². The molecule has 1 rings (SSSR count). The Morgan fingerprint density at radius 1 is 0.308 bits per heavy atom. The van der Waals surface area contributed by atoms with Crippen molar-refractivity contribution in [1.29, 1.82) is 0 Å². The van der Waals surface area contributed by atoms with Crippen LogP contribution in [-0.2, 0) is 10.1 Å². The van der Waals surface area contributed by atoms with Crippen molar-refractivity contribution in [1.82, 2.24) is 13.7 Å². The van der Waals surface area contributed by atoms with Gasteiger partial charge in [0.15, 0.2) is 26.2 Å². The average Bonchev–Trinajstić information content (AvgIpc) is 2.63. The van der Waals surface area contributed by atoms with Gasteiger partial charge in [0.25, 0.3) is 0 Å². The van der Waals surface area contributed by atoms with Crippen molar-refractivity contribution < 1.29 is 0 Å². The van der Waals surface area contributed by atoms with Gasteiger partial charge < -0.3 is 0 Å². The summed E-state index contributed by atoms with van der Waals surface area (Å²) >= 11 is 72.4. The van der Waals surface area contributed by atoms with E-state index in [2.05, 4.69) is 335 Å². The zero-order chi connectivity index (χ0) is 32.0. The molecule has 0 amide bonds. The maximum absolute atomic E-state index is 14.3. The molecule has 0 atom stereocenters. The van der Waals surface area contributed by atoms with Crippen LogP contribution in [0.15, 0.2) is 14.4 Å². The highest BCUT2D eigenvalue weighted by Gasteiger charge is 2.64. The maximum Gasteiger partial charge on any atom is 0.340 e. The number of rotatable bonds is 6. The summed E-state index contributed by atoms with van der Waals surface area (Å²) in [7, 11) is 0. The van der Waals surface area contributed by atoms with Crippen LogP contribution in [0.1, 0.15) is 0 Å². The number of nitrogens with zero attached hydrogens (tertiary/aromatic N) is 3. The Kier molecular flexibility index (Phi) is 17.3. The summed E-state index contributed by atoms with van der Waals surface area (Å²) in [5.41, 5.74) is -3.26. The number of hydrogen-bond donors (Lipinski definition) is 0. The molecule has 0 bridgehead atoms. The highest BCUT2D eigenvalue weighted by Crippen LogP contribution is 2.67. The van der Waals surface area contributed by atoms with Gasteiger partial charge in [0, 0.05) is 0 Å². The Balaban J connectivity index is 4.72. The molecular weight excluding hydrogens is 1910 g/mol. The van der Waals surface area contributed by atoms with Gasteiger partial charge in [-0.2, -0.15) is 0 Å². The van der Waals surface area contributed by atoms with Crippen molar-refractivity contribution in [2.45, 2.75) is 26.2 Å². The normalized spacial score (nSPS) is 15.6. The molecule has 27 heteroatoms. The summed E-state index contributed by atoms with van der Waals surface area (Å²) in [6, 6.07) is 0. The van der Waals surface area contributed by atoms with E-state index in [4.69, 9.17) is 0 Å². The molecule has 1 aromatic heterocycles. The van der Waals surface area contributed by atoms with Crippen molar-refractivity contribution in [3.05, 3.63) is 31.5 Å². The molecule has 0 radical (unpaired) electrons. The van der Waals surface area contributed by atoms with Gasteiger partial charge in [-0.3, -0.25) is 0 Å². The Labute approximate surface area is 397 Å². The number of halogens is 21. The molecule has 0 aliphatic rings. The zero-order valence-corrected chi connectivity index (χ0v) is 49.8. The fourth-order valence-corrected chi connectivity index (χ4v) is 14.2. The van der Waals surface area contributed by atoms with E-state index in [0.29, 0.717) is 0 Å². The lowest BCUT2D eigenvalue weighted by Crippen LogP contribution is -2.69. The average molecular weight is 1910 g/mol. The molecule has 0 N–H and O–H groups in total. The van der Waals surface area contributed by atoms with E-state index in [0.717, 1.165) is 13.7 Å². The van der Waals surface area contributed by atoms with E-state index in [-0.39, 0.29) is 0 Å². The van der Waals surface area contributed by atoms with Gasteiger partial charge in [0.05, 0.1) is 0 Å². The third-order valence-corrected chi connectivity index (χ3v) is 38.2. The molecule has 0 aliphatic carbocycles. The SMILES string of the molecule is O=c1n(C(Br)(Br)C(Br)(Br)C(Br)(Br)Br)c(=O)n(C(Br)(Br)C(Br)(Br)C(Br)(Br)Br)c(=O)n1C(Br)(Br)C(Br)(Br)C(Br)(Br)Br. The van der Waals surface area contributed by atoms with E-state index >= 15 is 0 Å². The second kappa shape index (κ2) is 14.8. The molecule has 0 saturated carbocycles. The number of aromatic nitrogens is 3. The van der Waals surface area contributed by atoms with Crippen LogP contribution in [0, 0.1) is 0 Å². The first-order valence-corrected chi connectivity index (χ1v) is 24.7. The first-order valence-electron chi connectivity index (χ1n) is 8.09. The molecular formula is C12Br21N3O3. The molecule has 0 saturated heterocycles. The fraction of sp³-hybridized carbons (Fsp3) is 0.750. The lowest BCUT2D eigenvalue weighted by atomic mass is 10.4. The summed E-state index contributed by atoms with van der Waals surface area (Å²) in [4.78, 5) is 42.9. The van der Waals surface area contributed by atoms with Crippen LogP contribution < -0.4 is 17.1 Å². The molecule has 0 spiro atoms. The second-order valence-corrected chi connectivity index (χ2v) is 47.4. The maximum atomic E-state index is 14.3. The predicted octanol–water partition coefficient (Wildman–Crippen LogP) is 13.3. The zero-order valence-electron chi connectivity index (χ0n) is 16.5. The monoisotopic (exact) mass is 1890 g/mol. The summed E-state index contributed by atoms with van der Waals surface area (Å²) in [5, 5.41) is 0. The van der Waals surface area contributed by atoms with E-state index < -0.39 is 43.3 Å². The minimum atomic E-state index is -1.81. The Bertz CT molecular complexity index is 1100. The Morgan fingerprint density at radius 2 is 0.436 bits per heavy atom. The fourth-order valence-electron chi connectivity index (χ4n) is 2.20. The quantitative estimate of drug-likeness (QED) is 0.267. The Hall–Kier alpha value is 8.49. The second-order valence-electron chi connectivity index (χ2n) is 6.69. The third-order valence-electron chi connectivity index (χ3n) is 4.19. The van der Waals surface area contributed by atoms with Crippen LogP contribution in [0.4, 0.5) is 0 Å². The van der Waals surface area contributed by atoms with E-state index in [1.807, 2.05) is 0 Å². The van der Waals surface area contributed by atoms with E-state index in [9.17, 15) is 14.4 Å². The highest BCUT2D eigenvalue weighted by molar-refractivity contribution is 9.43. The van der Waals surface area contributed by atoms with Gasteiger partial charge in [0.1, 0.15) is 0 Å². The minimum absolute atomic E-state index is 0.744. The number of alkyl halides is 21. The minimum Gasteiger partial charge on any atom is -0.247 e. The molecule has 228 valence electrons. The lowest BCUT2D eigenvalue weighted by molar-refractivity contribution is 0.400. The van der Waals surface area contributed by atoms with Crippen molar-refractivity contribution in [2.24, 2.45) is 0 Å². The van der Waals surface area contributed by atoms with Gasteiger partial charge in [-0.15, -0.1) is 0 Å². The van der Waals surface area contributed by atoms with Crippen molar-refractivity contribution in [3.8, 4) is 0 Å². The van der Waals surface area contributed by atoms with Crippen molar-refractivity contribution >= 4 is 335 Å². The molecule has 0 aromatic carbocycles. The van der Waals surface area contributed by atoms with Gasteiger partial charge in [-0.1, -0.05) is 239 Å². The van der Waals surface area contributed by atoms with E-state index in [1.165, 1.54) is 0 Å². The smallest absolute Gasteiger partial charge is 0.247 e. The van der Waals surface area contributed by atoms with Crippen LogP contribution >= 0.6 is 335 Å². The largest absolute Gasteiger partial charge is 0.340 e. The van der Waals surface area contributed by atoms with E-state index in [1.54, 1.807) is 0 Å². The standard InChI is InChI=1S/C12Br21N3O3/c13-4(14,7(19,20)21)10(28,29)34-1(37)35(11(30,31)5(15,16)8(22,23)24)3(39)36(2(34)38)12(32,33)6(17,18)9(25,26)27. The highest BCUT2D eigenvalue weighted by atomic mass is 80.0. The molecule has 1 heterocycles. The predicted molar refractivity (Wildman–Crippen MR) is 237 cm³/mol. The van der Waals surface area contributed by atoms with Crippen LogP contribution in [-0.4, -0.2) is 29.8 Å². The van der Waals surface area contributed by atoms with Crippen molar-refractivity contribution in [2.75, 3.05) is 0 Å². The van der Waals surface area contributed by atoms with Crippen LogP contribution in [0.25, 0.3) is 0 Å². The molecule has 1 aromatic rings. The topological polar surface area (TPSA) is 66.0 Å². The Morgan fingerprint density at radius 3 is 0.538 bits per heavy atom. The first-order chi connectivity index (χ1) is 16.6.